The smallest absolute Gasteiger partial charge is 0.281 e. The first-order chi connectivity index (χ1) is 13.0. The fourth-order valence-corrected chi connectivity index (χ4v) is 5.67. The van der Waals surface area contributed by atoms with Gasteiger partial charge in [-0.2, -0.15) is 0 Å². The Balaban J connectivity index is 1.65. The molecular weight excluding hydrogens is 385 g/mol. The van der Waals surface area contributed by atoms with Gasteiger partial charge in [0.1, 0.15) is 10.6 Å². The van der Waals surface area contributed by atoms with Crippen molar-refractivity contribution in [2.75, 3.05) is 11.6 Å². The second-order valence-electron chi connectivity index (χ2n) is 6.70. The second kappa shape index (κ2) is 7.09. The first kappa shape index (κ1) is 18.2. The van der Waals surface area contributed by atoms with Gasteiger partial charge in [-0.15, -0.1) is 11.3 Å². The molecule has 1 aromatic carbocycles. The normalized spacial score (nSPS) is 16.4. The molecule has 1 atom stereocenters. The lowest BCUT2D eigenvalue weighted by Gasteiger charge is -2.18. The molecule has 5 nitrogen and oxygen atoms in total. The number of carbonyl (C=O) groups excluding carboxylic acids is 1. The molecule has 27 heavy (non-hydrogen) atoms. The lowest BCUT2D eigenvalue weighted by molar-refractivity contribution is 0.102. The summed E-state index contributed by atoms with van der Waals surface area (Å²) in [4.78, 5) is 31.6. The van der Waals surface area contributed by atoms with E-state index in [0.717, 1.165) is 41.3 Å². The lowest BCUT2D eigenvalue weighted by atomic mass is 9.88. The number of rotatable bonds is 4. The van der Waals surface area contributed by atoms with E-state index in [0.29, 0.717) is 26.9 Å². The number of hydrogen-bond donors (Lipinski definition) is 1. The summed E-state index contributed by atoms with van der Waals surface area (Å²) in [6.45, 7) is 2.13. The maximum absolute atomic E-state index is 13.0. The number of aromatic nitrogens is 2. The van der Waals surface area contributed by atoms with Gasteiger partial charge < -0.3 is 5.84 Å². The zero-order chi connectivity index (χ0) is 19.1. The summed E-state index contributed by atoms with van der Waals surface area (Å²) in [7, 11) is 0. The summed E-state index contributed by atoms with van der Waals surface area (Å²) in [5.74, 6) is 5.83. The van der Waals surface area contributed by atoms with Gasteiger partial charge >= 0.3 is 0 Å². The summed E-state index contributed by atoms with van der Waals surface area (Å²) in [5.41, 5.74) is 1.25. The van der Waals surface area contributed by atoms with Crippen LogP contribution in [0.4, 0.5) is 4.39 Å². The van der Waals surface area contributed by atoms with E-state index in [4.69, 9.17) is 5.84 Å². The van der Waals surface area contributed by atoms with E-state index < -0.39 is 5.82 Å². The Bertz CT molecular complexity index is 1090. The molecule has 0 radical (unpaired) electrons. The second-order valence-corrected chi connectivity index (χ2v) is 8.73. The van der Waals surface area contributed by atoms with Crippen LogP contribution in [0.3, 0.4) is 0 Å². The SMILES string of the molecule is CC1CCCc2sc3nc(SCC(=O)c4ccc(F)cc4)n(N)c(=O)c3c21. The minimum atomic E-state index is -0.391. The molecule has 8 heteroatoms. The third-order valence-electron chi connectivity index (χ3n) is 4.87. The highest BCUT2D eigenvalue weighted by Crippen LogP contribution is 2.40. The molecule has 4 rings (SSSR count). The standard InChI is InChI=1S/C19H18FN3O2S2/c1-10-3-2-4-14-15(10)16-17(27-14)22-19(23(21)18(16)25)26-9-13(24)11-5-7-12(20)8-6-11/h5-8,10H,2-4,9,21H2,1H3. The number of fused-ring (bicyclic) bond motifs is 3. The zero-order valence-electron chi connectivity index (χ0n) is 14.7. The Labute approximate surface area is 163 Å². The largest absolute Gasteiger partial charge is 0.334 e. The van der Waals surface area contributed by atoms with Gasteiger partial charge in [0.2, 0.25) is 0 Å². The Hall–Kier alpha value is -2.19. The summed E-state index contributed by atoms with van der Waals surface area (Å²) in [6, 6.07) is 5.38. The summed E-state index contributed by atoms with van der Waals surface area (Å²) >= 11 is 2.67. The van der Waals surface area contributed by atoms with Crippen LogP contribution in [0, 0.1) is 5.82 Å². The van der Waals surface area contributed by atoms with Crippen LogP contribution in [0.2, 0.25) is 0 Å². The molecule has 0 saturated heterocycles. The van der Waals surface area contributed by atoms with E-state index in [9.17, 15) is 14.0 Å². The predicted octanol–water partition coefficient (Wildman–Crippen LogP) is 3.73. The minimum absolute atomic E-state index is 0.0717. The molecule has 140 valence electrons. The average Bonchev–Trinajstić information content (AvgIpc) is 3.03. The van der Waals surface area contributed by atoms with Crippen molar-refractivity contribution < 1.29 is 9.18 Å². The van der Waals surface area contributed by atoms with E-state index >= 15 is 0 Å². The fourth-order valence-electron chi connectivity index (χ4n) is 3.48. The van der Waals surface area contributed by atoms with E-state index in [1.165, 1.54) is 29.1 Å². The molecule has 0 bridgehead atoms. The molecule has 0 aliphatic heterocycles. The summed E-state index contributed by atoms with van der Waals surface area (Å²) in [5, 5.41) is 0.938. The number of ketones is 1. The van der Waals surface area contributed by atoms with Gasteiger partial charge in [0.25, 0.3) is 5.56 Å². The van der Waals surface area contributed by atoms with E-state index in [1.807, 2.05) is 0 Å². The molecule has 0 saturated carbocycles. The molecule has 3 aromatic rings. The molecular formula is C19H18FN3O2S2. The van der Waals surface area contributed by atoms with Crippen LogP contribution in [0.25, 0.3) is 10.2 Å². The summed E-state index contributed by atoms with van der Waals surface area (Å²) in [6.07, 6.45) is 3.15. The molecule has 1 unspecified atom stereocenters. The number of aryl methyl sites for hydroxylation is 1. The highest BCUT2D eigenvalue weighted by molar-refractivity contribution is 7.99. The van der Waals surface area contributed by atoms with Crippen molar-refractivity contribution >= 4 is 39.1 Å². The van der Waals surface area contributed by atoms with Crippen LogP contribution >= 0.6 is 23.1 Å². The maximum atomic E-state index is 13.0. The number of nitrogens with two attached hydrogens (primary N) is 1. The van der Waals surface area contributed by atoms with Crippen molar-refractivity contribution in [2.45, 2.75) is 37.3 Å². The average molecular weight is 404 g/mol. The highest BCUT2D eigenvalue weighted by atomic mass is 32.2. The molecule has 0 fully saturated rings. The van der Waals surface area contributed by atoms with Crippen molar-refractivity contribution in [3.05, 3.63) is 56.4 Å². The van der Waals surface area contributed by atoms with Gasteiger partial charge in [0.05, 0.1) is 11.1 Å². The number of nitrogens with zero attached hydrogens (tertiary/aromatic N) is 2. The first-order valence-corrected chi connectivity index (χ1v) is 10.5. The van der Waals surface area contributed by atoms with Gasteiger partial charge in [-0.05, 0) is 55.0 Å². The van der Waals surface area contributed by atoms with Crippen molar-refractivity contribution in [3.63, 3.8) is 0 Å². The third-order valence-corrected chi connectivity index (χ3v) is 6.98. The molecule has 2 N–H and O–H groups in total. The topological polar surface area (TPSA) is 78.0 Å². The number of halogens is 1. The van der Waals surface area contributed by atoms with Crippen molar-refractivity contribution in [3.8, 4) is 0 Å². The number of thioether (sulfide) groups is 1. The number of nitrogen functional groups attached to an aromatic ring is 1. The van der Waals surface area contributed by atoms with Crippen molar-refractivity contribution in [1.29, 1.82) is 0 Å². The van der Waals surface area contributed by atoms with Crippen LogP contribution in [0.15, 0.2) is 34.2 Å². The molecule has 1 aliphatic rings. The molecule has 2 heterocycles. The highest BCUT2D eigenvalue weighted by Gasteiger charge is 2.26. The van der Waals surface area contributed by atoms with Crippen molar-refractivity contribution in [2.24, 2.45) is 0 Å². The van der Waals surface area contributed by atoms with E-state index in [-0.39, 0.29) is 17.1 Å². The Morgan fingerprint density at radius 1 is 1.41 bits per heavy atom. The molecule has 0 spiro atoms. The Morgan fingerprint density at radius 2 is 2.15 bits per heavy atom. The van der Waals surface area contributed by atoms with Gasteiger partial charge in [-0.3, -0.25) is 9.59 Å². The lowest BCUT2D eigenvalue weighted by Crippen LogP contribution is -2.30. The van der Waals surface area contributed by atoms with Gasteiger partial charge in [-0.1, -0.05) is 18.7 Å². The number of carbonyl (C=O) groups is 1. The summed E-state index contributed by atoms with van der Waals surface area (Å²) < 4.78 is 14.0. The third kappa shape index (κ3) is 3.27. The predicted molar refractivity (Wildman–Crippen MR) is 107 cm³/mol. The number of thiophene rings is 1. The van der Waals surface area contributed by atoms with Gasteiger partial charge in [-0.25, -0.2) is 14.1 Å². The van der Waals surface area contributed by atoms with Crippen LogP contribution in [-0.4, -0.2) is 21.2 Å². The van der Waals surface area contributed by atoms with Gasteiger partial charge in [0.15, 0.2) is 10.9 Å². The van der Waals surface area contributed by atoms with Gasteiger partial charge in [0, 0.05) is 10.4 Å². The Morgan fingerprint density at radius 3 is 2.89 bits per heavy atom. The fraction of sp³-hybridized carbons (Fsp3) is 0.316. The monoisotopic (exact) mass is 403 g/mol. The molecule has 0 amide bonds. The van der Waals surface area contributed by atoms with E-state index in [2.05, 4.69) is 11.9 Å². The van der Waals surface area contributed by atoms with Crippen LogP contribution in [-0.2, 0) is 6.42 Å². The number of Topliss-reactive ketones (excluding diaryl/α,β-unsaturated/α-hetero) is 1. The number of benzene rings is 1. The van der Waals surface area contributed by atoms with E-state index in [1.54, 1.807) is 11.3 Å². The van der Waals surface area contributed by atoms with Crippen molar-refractivity contribution in [1.82, 2.24) is 9.66 Å². The first-order valence-electron chi connectivity index (χ1n) is 8.70. The molecule has 2 aromatic heterocycles. The zero-order valence-corrected chi connectivity index (χ0v) is 16.3. The Kier molecular flexibility index (Phi) is 4.77. The van der Waals surface area contributed by atoms with Crippen LogP contribution in [0.1, 0.15) is 46.5 Å². The minimum Gasteiger partial charge on any atom is -0.334 e. The van der Waals surface area contributed by atoms with Crippen LogP contribution < -0.4 is 11.4 Å². The quantitative estimate of drug-likeness (QED) is 0.311. The van der Waals surface area contributed by atoms with Crippen LogP contribution in [0.5, 0.6) is 0 Å². The maximum Gasteiger partial charge on any atom is 0.281 e. The molecule has 1 aliphatic carbocycles. The number of hydrogen-bond acceptors (Lipinski definition) is 6.